The van der Waals surface area contributed by atoms with E-state index in [1.807, 2.05) is 0 Å². The number of carbonyl (C=O) groups is 1. The lowest BCUT2D eigenvalue weighted by molar-refractivity contribution is -0.356. The average Bonchev–Trinajstić information content (AvgIpc) is 2.75. The number of alkyl halides is 6. The van der Waals surface area contributed by atoms with E-state index < -0.39 is 45.6 Å². The van der Waals surface area contributed by atoms with Gasteiger partial charge in [-0.25, -0.2) is 4.79 Å². The van der Waals surface area contributed by atoms with Crippen molar-refractivity contribution in [2.75, 3.05) is 5.75 Å². The zero-order chi connectivity index (χ0) is 17.4. The van der Waals surface area contributed by atoms with Crippen LogP contribution in [0.1, 0.15) is 10.6 Å². The van der Waals surface area contributed by atoms with Gasteiger partial charge in [0.05, 0.1) is 6.26 Å². The fourth-order valence-corrected chi connectivity index (χ4v) is 2.23. The monoisotopic (exact) mass is 356 g/mol. The zero-order valence-electron chi connectivity index (χ0n) is 10.1. The van der Waals surface area contributed by atoms with Crippen LogP contribution in [0.5, 0.6) is 0 Å². The van der Waals surface area contributed by atoms with Crippen molar-refractivity contribution in [3.63, 3.8) is 0 Å². The Labute approximate surface area is 118 Å². The fraction of sp³-hybridized carbons (Fsp3) is 0.444. The van der Waals surface area contributed by atoms with Gasteiger partial charge in [-0.3, -0.25) is 4.55 Å². The first-order valence-electron chi connectivity index (χ1n) is 5.05. The van der Waals surface area contributed by atoms with Gasteiger partial charge in [-0.05, 0) is 12.1 Å². The minimum atomic E-state index is -6.37. The van der Waals surface area contributed by atoms with Gasteiger partial charge < -0.3 is 9.15 Å². The molecule has 0 aliphatic carbocycles. The van der Waals surface area contributed by atoms with Crippen molar-refractivity contribution >= 4 is 16.1 Å². The van der Waals surface area contributed by atoms with E-state index >= 15 is 0 Å². The van der Waals surface area contributed by atoms with Crippen LogP contribution in [0.25, 0.3) is 0 Å². The first kappa shape index (κ1) is 18.3. The molecule has 1 rings (SSSR count). The van der Waals surface area contributed by atoms with E-state index in [1.165, 1.54) is 0 Å². The molecular formula is C9H6F6O6S. The molecule has 0 fully saturated rings. The average molecular weight is 356 g/mol. The number of carbonyl (C=O) groups excluding carboxylic acids is 1. The Bertz CT molecular complexity index is 615. The van der Waals surface area contributed by atoms with Crippen molar-refractivity contribution in [2.45, 2.75) is 18.0 Å². The Morgan fingerprint density at radius 2 is 1.68 bits per heavy atom. The third-order valence-corrected chi connectivity index (χ3v) is 3.06. The van der Waals surface area contributed by atoms with Crippen molar-refractivity contribution in [3.05, 3.63) is 24.2 Å². The molecule has 0 bridgehead atoms. The van der Waals surface area contributed by atoms with Gasteiger partial charge >= 0.3 is 23.9 Å². The smallest absolute Gasteiger partial charge is 0.438 e. The maximum atomic E-state index is 12.8. The molecule has 0 amide bonds. The zero-order valence-corrected chi connectivity index (χ0v) is 10.9. The van der Waals surface area contributed by atoms with Gasteiger partial charge in [-0.1, -0.05) is 0 Å². The standard InChI is InChI=1S/C9H6F6O6S/c10-8(11,12)7(9(13,14)15,4-22(17,18)19)21-6(16)5-2-1-3-20-5/h1-3H,4H2,(H,17,18,19). The lowest BCUT2D eigenvalue weighted by Crippen LogP contribution is -2.63. The van der Waals surface area contributed by atoms with Crippen LogP contribution in [0.3, 0.4) is 0 Å². The van der Waals surface area contributed by atoms with E-state index in [9.17, 15) is 39.6 Å². The highest BCUT2D eigenvalue weighted by Gasteiger charge is 2.76. The van der Waals surface area contributed by atoms with Crippen LogP contribution < -0.4 is 0 Å². The summed E-state index contributed by atoms with van der Waals surface area (Å²) < 4.78 is 114. The first-order chi connectivity index (χ1) is 9.70. The van der Waals surface area contributed by atoms with Crippen LogP contribution in [-0.4, -0.2) is 42.6 Å². The summed E-state index contributed by atoms with van der Waals surface area (Å²) in [6.45, 7) is 0. The van der Waals surface area contributed by atoms with Crippen molar-refractivity contribution in [1.82, 2.24) is 0 Å². The topological polar surface area (TPSA) is 93.8 Å². The number of hydrogen-bond acceptors (Lipinski definition) is 5. The molecule has 126 valence electrons. The van der Waals surface area contributed by atoms with E-state index in [4.69, 9.17) is 4.55 Å². The number of hydrogen-bond donors (Lipinski definition) is 1. The number of halogens is 6. The number of furan rings is 1. The Morgan fingerprint density at radius 1 is 1.18 bits per heavy atom. The summed E-state index contributed by atoms with van der Waals surface area (Å²) in [7, 11) is -5.81. The fourth-order valence-electron chi connectivity index (χ4n) is 1.33. The van der Waals surface area contributed by atoms with E-state index in [2.05, 4.69) is 9.15 Å². The Balaban J connectivity index is 3.40. The van der Waals surface area contributed by atoms with Gasteiger partial charge in [-0.15, -0.1) is 0 Å². The second kappa shape index (κ2) is 5.46. The summed E-state index contributed by atoms with van der Waals surface area (Å²) in [6.07, 6.45) is -12.0. The molecule has 0 aliphatic heterocycles. The number of ether oxygens (including phenoxy) is 1. The molecule has 0 saturated carbocycles. The highest BCUT2D eigenvalue weighted by Crippen LogP contribution is 2.47. The summed E-state index contributed by atoms with van der Waals surface area (Å²) in [6, 6.07) is 1.68. The molecule has 6 nitrogen and oxygen atoms in total. The van der Waals surface area contributed by atoms with Crippen LogP contribution in [-0.2, 0) is 14.9 Å². The number of rotatable bonds is 4. The third-order valence-electron chi connectivity index (χ3n) is 2.29. The summed E-state index contributed by atoms with van der Waals surface area (Å²) in [5.74, 6) is -6.17. The van der Waals surface area contributed by atoms with Gasteiger partial charge in [0.25, 0.3) is 10.1 Å². The van der Waals surface area contributed by atoms with Gasteiger partial charge in [-0.2, -0.15) is 34.8 Å². The third kappa shape index (κ3) is 3.71. The molecule has 1 aromatic heterocycles. The lowest BCUT2D eigenvalue weighted by Gasteiger charge is -2.35. The van der Waals surface area contributed by atoms with Gasteiger partial charge in [0.2, 0.25) is 5.76 Å². The minimum absolute atomic E-state index is 0.702. The molecule has 0 radical (unpaired) electrons. The second-order valence-electron chi connectivity index (χ2n) is 3.92. The Kier molecular flexibility index (Phi) is 4.54. The molecular weight excluding hydrogens is 350 g/mol. The van der Waals surface area contributed by atoms with Crippen LogP contribution >= 0.6 is 0 Å². The lowest BCUT2D eigenvalue weighted by atomic mass is 10.1. The highest BCUT2D eigenvalue weighted by molar-refractivity contribution is 7.85. The molecule has 13 heteroatoms. The van der Waals surface area contributed by atoms with Crippen LogP contribution in [0.2, 0.25) is 0 Å². The van der Waals surface area contributed by atoms with Gasteiger partial charge in [0.15, 0.2) is 0 Å². The molecule has 1 N–H and O–H groups in total. The molecule has 1 heterocycles. The SMILES string of the molecule is O=C(OC(CS(=O)(=O)O)(C(F)(F)F)C(F)(F)F)c1ccco1. The normalized spacial score (nSPS) is 14.0. The Morgan fingerprint density at radius 3 is 2.00 bits per heavy atom. The van der Waals surface area contributed by atoms with Gasteiger partial charge in [0.1, 0.15) is 5.75 Å². The van der Waals surface area contributed by atoms with Crippen molar-refractivity contribution in [3.8, 4) is 0 Å². The maximum absolute atomic E-state index is 12.8. The van der Waals surface area contributed by atoms with E-state index in [-0.39, 0.29) is 0 Å². The van der Waals surface area contributed by atoms with Crippen molar-refractivity contribution in [2.24, 2.45) is 0 Å². The van der Waals surface area contributed by atoms with E-state index in [0.29, 0.717) is 6.07 Å². The molecule has 0 aliphatic rings. The molecule has 0 atom stereocenters. The molecule has 0 aromatic carbocycles. The van der Waals surface area contributed by atoms with Gasteiger partial charge in [0, 0.05) is 0 Å². The molecule has 0 saturated heterocycles. The first-order valence-corrected chi connectivity index (χ1v) is 6.66. The predicted octanol–water partition coefficient (Wildman–Crippen LogP) is 2.19. The quantitative estimate of drug-likeness (QED) is 0.505. The molecule has 0 unspecified atom stereocenters. The summed E-state index contributed by atoms with van der Waals surface area (Å²) in [4.78, 5) is 11.3. The maximum Gasteiger partial charge on any atom is 0.438 e. The van der Waals surface area contributed by atoms with E-state index in [0.717, 1.165) is 12.3 Å². The minimum Gasteiger partial charge on any atom is -0.457 e. The molecule has 0 spiro atoms. The van der Waals surface area contributed by atoms with Crippen molar-refractivity contribution in [1.29, 1.82) is 0 Å². The molecule has 22 heavy (non-hydrogen) atoms. The number of esters is 1. The highest BCUT2D eigenvalue weighted by atomic mass is 32.2. The summed E-state index contributed by atoms with van der Waals surface area (Å²) in [5, 5.41) is 0. The second-order valence-corrected chi connectivity index (χ2v) is 5.37. The Hall–Kier alpha value is -1.76. The van der Waals surface area contributed by atoms with E-state index in [1.54, 1.807) is 0 Å². The summed E-state index contributed by atoms with van der Waals surface area (Å²) >= 11 is 0. The van der Waals surface area contributed by atoms with Crippen LogP contribution in [0.4, 0.5) is 26.3 Å². The summed E-state index contributed by atoms with van der Waals surface area (Å²) in [5.41, 5.74) is -5.45. The predicted molar refractivity (Wildman–Crippen MR) is 55.4 cm³/mol. The van der Waals surface area contributed by atoms with Crippen LogP contribution in [0, 0.1) is 0 Å². The van der Waals surface area contributed by atoms with Crippen LogP contribution in [0.15, 0.2) is 22.8 Å². The van der Waals surface area contributed by atoms with Crippen molar-refractivity contribution < 1.29 is 53.3 Å². The molecule has 1 aromatic rings. The largest absolute Gasteiger partial charge is 0.457 e.